The van der Waals surface area contributed by atoms with Crippen LogP contribution in [0.15, 0.2) is 22.7 Å². The molecule has 1 fully saturated rings. The number of likely N-dealkylation sites (N-methyl/N-ethyl adjacent to an activating group) is 1. The minimum atomic E-state index is -0.0366. The van der Waals surface area contributed by atoms with Gasteiger partial charge in [0.15, 0.2) is 5.82 Å². The number of aromatic nitrogens is 2. The van der Waals surface area contributed by atoms with Crippen molar-refractivity contribution in [2.45, 2.75) is 18.8 Å². The summed E-state index contributed by atoms with van der Waals surface area (Å²) in [5.74, 6) is 1.06. The molecule has 0 unspecified atom stereocenters. The second kappa shape index (κ2) is 5.66. The second-order valence-electron chi connectivity index (χ2n) is 5.10. The van der Waals surface area contributed by atoms with E-state index in [1.807, 2.05) is 0 Å². The first-order chi connectivity index (χ1) is 10.0. The van der Waals surface area contributed by atoms with Gasteiger partial charge in [-0.15, -0.1) is 0 Å². The Morgan fingerprint density at radius 3 is 2.71 bits per heavy atom. The van der Waals surface area contributed by atoms with Gasteiger partial charge in [0.2, 0.25) is 11.8 Å². The highest BCUT2D eigenvalue weighted by Gasteiger charge is 2.32. The highest BCUT2D eigenvalue weighted by Crippen LogP contribution is 2.28. The lowest BCUT2D eigenvalue weighted by Gasteiger charge is -2.06. The maximum absolute atomic E-state index is 11.5. The minimum absolute atomic E-state index is 0.0366. The lowest BCUT2D eigenvalue weighted by atomic mass is 10.1. The van der Waals surface area contributed by atoms with Crippen LogP contribution in [-0.4, -0.2) is 34.5 Å². The fourth-order valence-corrected chi connectivity index (χ4v) is 2.92. The van der Waals surface area contributed by atoms with E-state index in [4.69, 9.17) is 27.7 Å². The van der Waals surface area contributed by atoms with Gasteiger partial charge in [0.1, 0.15) is 0 Å². The Balaban J connectivity index is 1.78. The van der Waals surface area contributed by atoms with Crippen LogP contribution < -0.4 is 0 Å². The molecular weight excluding hydrogens is 313 g/mol. The molecule has 7 heteroatoms. The fraction of sp³-hybridized carbons (Fsp3) is 0.357. The van der Waals surface area contributed by atoms with Crippen LogP contribution in [-0.2, 0) is 11.2 Å². The van der Waals surface area contributed by atoms with E-state index in [0.717, 1.165) is 5.56 Å². The quantitative estimate of drug-likeness (QED) is 0.870. The van der Waals surface area contributed by atoms with Crippen molar-refractivity contribution < 1.29 is 9.32 Å². The molecule has 3 rings (SSSR count). The molecule has 0 N–H and O–H groups in total. The Kier molecular flexibility index (Phi) is 3.87. The van der Waals surface area contributed by atoms with E-state index in [9.17, 15) is 4.79 Å². The van der Waals surface area contributed by atoms with E-state index in [1.54, 1.807) is 30.1 Å². The molecule has 2 aromatic rings. The van der Waals surface area contributed by atoms with Gasteiger partial charge in [0.05, 0.1) is 5.92 Å². The van der Waals surface area contributed by atoms with Crippen molar-refractivity contribution in [1.29, 1.82) is 0 Å². The highest BCUT2D eigenvalue weighted by atomic mass is 35.5. The molecule has 110 valence electrons. The lowest BCUT2D eigenvalue weighted by molar-refractivity contribution is -0.126. The third kappa shape index (κ3) is 2.89. The molecule has 0 bridgehead atoms. The molecule has 5 nitrogen and oxygen atoms in total. The molecule has 1 aliphatic rings. The first-order valence-corrected chi connectivity index (χ1v) is 7.29. The maximum atomic E-state index is 11.5. The molecule has 2 heterocycles. The van der Waals surface area contributed by atoms with Gasteiger partial charge in [-0.05, 0) is 17.7 Å². The van der Waals surface area contributed by atoms with Gasteiger partial charge >= 0.3 is 0 Å². The highest BCUT2D eigenvalue weighted by molar-refractivity contribution is 6.36. The number of halogens is 2. The summed E-state index contributed by atoms with van der Waals surface area (Å²) in [5.41, 5.74) is 0.771. The van der Waals surface area contributed by atoms with Crippen molar-refractivity contribution in [1.82, 2.24) is 15.0 Å². The summed E-state index contributed by atoms with van der Waals surface area (Å²) in [6.45, 7) is 0.604. The molecule has 1 aromatic heterocycles. The number of rotatable bonds is 3. The van der Waals surface area contributed by atoms with Crippen LogP contribution in [0.1, 0.15) is 29.6 Å². The molecule has 1 saturated heterocycles. The number of hydrogen-bond acceptors (Lipinski definition) is 4. The van der Waals surface area contributed by atoms with Crippen LogP contribution in [0.5, 0.6) is 0 Å². The zero-order valence-electron chi connectivity index (χ0n) is 11.3. The van der Waals surface area contributed by atoms with Crippen molar-refractivity contribution in [3.8, 4) is 0 Å². The number of benzene rings is 1. The number of nitrogens with zero attached hydrogens (tertiary/aromatic N) is 3. The van der Waals surface area contributed by atoms with Gasteiger partial charge in [0.25, 0.3) is 0 Å². The average Bonchev–Trinajstić information content (AvgIpc) is 3.02. The predicted octanol–water partition coefficient (Wildman–Crippen LogP) is 2.91. The summed E-state index contributed by atoms with van der Waals surface area (Å²) >= 11 is 12.3. The summed E-state index contributed by atoms with van der Waals surface area (Å²) in [6, 6.07) is 5.33. The summed E-state index contributed by atoms with van der Waals surface area (Å²) in [6.07, 6.45) is 0.809. The second-order valence-corrected chi connectivity index (χ2v) is 5.92. The van der Waals surface area contributed by atoms with E-state index < -0.39 is 0 Å². The van der Waals surface area contributed by atoms with Gasteiger partial charge in [-0.2, -0.15) is 4.98 Å². The molecule has 0 spiro atoms. The number of hydrogen-bond donors (Lipinski definition) is 0. The number of carbonyl (C=O) groups is 1. The van der Waals surface area contributed by atoms with Crippen molar-refractivity contribution in [2.75, 3.05) is 13.6 Å². The van der Waals surface area contributed by atoms with Crippen LogP contribution >= 0.6 is 23.2 Å². The maximum Gasteiger partial charge on any atom is 0.232 e. The van der Waals surface area contributed by atoms with Gasteiger partial charge < -0.3 is 9.42 Å². The topological polar surface area (TPSA) is 59.2 Å². The van der Waals surface area contributed by atoms with Gasteiger partial charge in [0, 0.05) is 36.5 Å². The summed E-state index contributed by atoms with van der Waals surface area (Å²) in [5, 5.41) is 5.10. The van der Waals surface area contributed by atoms with Gasteiger partial charge in [-0.3, -0.25) is 4.79 Å². The Labute approximate surface area is 131 Å². The van der Waals surface area contributed by atoms with Crippen LogP contribution in [0.25, 0.3) is 0 Å². The molecule has 1 amide bonds. The SMILES string of the molecule is CN1C[C@@H](c2nc(Cc3c(Cl)cccc3Cl)no2)CC1=O. The van der Waals surface area contributed by atoms with Crippen molar-refractivity contribution in [3.05, 3.63) is 45.5 Å². The molecule has 0 aliphatic carbocycles. The number of carbonyl (C=O) groups excluding carboxylic acids is 1. The van der Waals surface area contributed by atoms with Crippen molar-refractivity contribution in [3.63, 3.8) is 0 Å². The zero-order valence-corrected chi connectivity index (χ0v) is 12.9. The zero-order chi connectivity index (χ0) is 15.0. The summed E-state index contributed by atoms with van der Waals surface area (Å²) in [4.78, 5) is 17.6. The standard InChI is InChI=1S/C14H13Cl2N3O2/c1-19-7-8(5-13(19)20)14-17-12(18-21-14)6-9-10(15)3-2-4-11(9)16/h2-4,8H,5-7H2,1H3/t8-/m0/s1. The average molecular weight is 326 g/mol. The van der Waals surface area contributed by atoms with Crippen molar-refractivity contribution >= 4 is 29.1 Å². The predicted molar refractivity (Wildman–Crippen MR) is 78.6 cm³/mol. The van der Waals surface area contributed by atoms with Crippen LogP contribution in [0, 0.1) is 0 Å². The van der Waals surface area contributed by atoms with Crippen molar-refractivity contribution in [2.24, 2.45) is 0 Å². The van der Waals surface area contributed by atoms with Crippen LogP contribution in [0.2, 0.25) is 10.0 Å². The monoisotopic (exact) mass is 325 g/mol. The van der Waals surface area contributed by atoms with Gasteiger partial charge in [-0.1, -0.05) is 34.4 Å². The van der Waals surface area contributed by atoms with E-state index in [-0.39, 0.29) is 11.8 Å². The molecular formula is C14H13Cl2N3O2. The third-order valence-corrected chi connectivity index (χ3v) is 4.28. The largest absolute Gasteiger partial charge is 0.345 e. The molecule has 0 radical (unpaired) electrons. The summed E-state index contributed by atoms with van der Waals surface area (Å²) < 4.78 is 5.27. The van der Waals surface area contributed by atoms with E-state index in [1.165, 1.54) is 0 Å². The Morgan fingerprint density at radius 1 is 1.38 bits per heavy atom. The Bertz CT molecular complexity index is 666. The third-order valence-electron chi connectivity index (χ3n) is 3.57. The first-order valence-electron chi connectivity index (χ1n) is 6.54. The smallest absolute Gasteiger partial charge is 0.232 e. The van der Waals surface area contributed by atoms with E-state index in [2.05, 4.69) is 10.1 Å². The molecule has 0 saturated carbocycles. The molecule has 1 atom stereocenters. The molecule has 21 heavy (non-hydrogen) atoms. The Hall–Kier alpha value is -1.59. The fourth-order valence-electron chi connectivity index (χ4n) is 2.39. The van der Waals surface area contributed by atoms with E-state index in [0.29, 0.717) is 41.1 Å². The normalized spacial score (nSPS) is 18.5. The number of likely N-dealkylation sites (tertiary alicyclic amines) is 1. The lowest BCUT2D eigenvalue weighted by Crippen LogP contribution is -2.18. The first kappa shape index (κ1) is 14.4. The van der Waals surface area contributed by atoms with Crippen LogP contribution in [0.3, 0.4) is 0 Å². The number of amides is 1. The Morgan fingerprint density at radius 2 is 2.10 bits per heavy atom. The van der Waals surface area contributed by atoms with Crippen LogP contribution in [0.4, 0.5) is 0 Å². The molecule has 1 aliphatic heterocycles. The molecule has 1 aromatic carbocycles. The van der Waals surface area contributed by atoms with Gasteiger partial charge in [-0.25, -0.2) is 0 Å². The summed E-state index contributed by atoms with van der Waals surface area (Å²) in [7, 11) is 1.77. The minimum Gasteiger partial charge on any atom is -0.345 e. The van der Waals surface area contributed by atoms with E-state index >= 15 is 0 Å².